The first-order valence-corrected chi connectivity index (χ1v) is 8.85. The van der Waals surface area contributed by atoms with Crippen LogP contribution in [0.2, 0.25) is 0 Å². The third-order valence-electron chi connectivity index (χ3n) is 4.19. The van der Waals surface area contributed by atoms with E-state index in [0.717, 1.165) is 25.7 Å². The minimum Gasteiger partial charge on any atom is -0.393 e. The van der Waals surface area contributed by atoms with Gasteiger partial charge in [-0.15, -0.1) is 0 Å². The molecule has 0 aromatic heterocycles. The molecule has 120 valence electrons. The van der Waals surface area contributed by atoms with Crippen molar-refractivity contribution in [2.24, 2.45) is 5.92 Å². The number of hydrogen-bond donors (Lipinski definition) is 1. The summed E-state index contributed by atoms with van der Waals surface area (Å²) in [7, 11) is 0. The topological polar surface area (TPSA) is 37.3 Å². The Kier molecular flexibility index (Phi) is 13.4. The fraction of sp³-hybridized carbons (Fsp3) is 0.944. The molecule has 0 aromatic carbocycles. The Morgan fingerprint density at radius 3 is 2.10 bits per heavy atom. The van der Waals surface area contributed by atoms with Crippen molar-refractivity contribution < 1.29 is 9.90 Å². The van der Waals surface area contributed by atoms with Crippen molar-refractivity contribution in [1.29, 1.82) is 0 Å². The second-order valence-electron chi connectivity index (χ2n) is 6.14. The number of Topliss-reactive ketones (excluding diaryl/α,β-unsaturated/α-hetero) is 1. The van der Waals surface area contributed by atoms with Crippen molar-refractivity contribution in [3.05, 3.63) is 0 Å². The van der Waals surface area contributed by atoms with Gasteiger partial charge in [-0.1, -0.05) is 65.7 Å². The van der Waals surface area contributed by atoms with Gasteiger partial charge in [0.2, 0.25) is 0 Å². The normalized spacial score (nSPS) is 14.2. The smallest absolute Gasteiger partial charge is 0.133 e. The lowest BCUT2D eigenvalue weighted by molar-refractivity contribution is -0.121. The highest BCUT2D eigenvalue weighted by Gasteiger charge is 2.20. The summed E-state index contributed by atoms with van der Waals surface area (Å²) in [5.74, 6) is 0.546. The molecule has 2 atom stereocenters. The minimum atomic E-state index is -0.295. The van der Waals surface area contributed by atoms with E-state index < -0.39 is 0 Å². The summed E-state index contributed by atoms with van der Waals surface area (Å²) in [6.07, 6.45) is 12.3. The van der Waals surface area contributed by atoms with E-state index in [9.17, 15) is 9.90 Å². The molecule has 0 aliphatic rings. The maximum atomic E-state index is 12.0. The van der Waals surface area contributed by atoms with Gasteiger partial charge in [0.15, 0.2) is 0 Å². The van der Waals surface area contributed by atoms with Crippen molar-refractivity contribution in [2.45, 2.75) is 104 Å². The van der Waals surface area contributed by atoms with Gasteiger partial charge in [-0.05, 0) is 25.2 Å². The molecule has 0 amide bonds. The van der Waals surface area contributed by atoms with Gasteiger partial charge in [0.25, 0.3) is 0 Å². The number of hydrogen-bond acceptors (Lipinski definition) is 2. The molecule has 2 unspecified atom stereocenters. The number of carbonyl (C=O) groups is 1. The summed E-state index contributed by atoms with van der Waals surface area (Å²) < 4.78 is 0. The average Bonchev–Trinajstić information content (AvgIpc) is 2.45. The van der Waals surface area contributed by atoms with E-state index in [2.05, 4.69) is 13.8 Å². The molecule has 2 heteroatoms. The van der Waals surface area contributed by atoms with Crippen molar-refractivity contribution in [3.8, 4) is 0 Å². The van der Waals surface area contributed by atoms with Crippen LogP contribution in [-0.4, -0.2) is 17.0 Å². The Morgan fingerprint density at radius 1 is 0.900 bits per heavy atom. The lowest BCUT2D eigenvalue weighted by Gasteiger charge is -2.21. The molecule has 0 heterocycles. The third-order valence-corrected chi connectivity index (χ3v) is 4.19. The Balaban J connectivity index is 3.92. The Morgan fingerprint density at radius 2 is 1.50 bits per heavy atom. The molecule has 0 rings (SSSR count). The monoisotopic (exact) mass is 284 g/mol. The van der Waals surface area contributed by atoms with Gasteiger partial charge in [0, 0.05) is 12.8 Å². The molecule has 0 bridgehead atoms. The van der Waals surface area contributed by atoms with Crippen LogP contribution >= 0.6 is 0 Å². The molecule has 1 N–H and O–H groups in total. The fourth-order valence-electron chi connectivity index (χ4n) is 2.74. The van der Waals surface area contributed by atoms with Crippen molar-refractivity contribution >= 4 is 5.78 Å². The molecule has 20 heavy (non-hydrogen) atoms. The second-order valence-corrected chi connectivity index (χ2v) is 6.14. The van der Waals surface area contributed by atoms with Gasteiger partial charge in [-0.25, -0.2) is 0 Å². The zero-order valence-corrected chi connectivity index (χ0v) is 14.0. The third kappa shape index (κ3) is 10.4. The van der Waals surface area contributed by atoms with Gasteiger partial charge in [0.1, 0.15) is 5.78 Å². The molecular weight excluding hydrogens is 248 g/mol. The summed E-state index contributed by atoms with van der Waals surface area (Å²) >= 11 is 0. The maximum absolute atomic E-state index is 12.0. The molecule has 0 fully saturated rings. The van der Waals surface area contributed by atoms with Crippen molar-refractivity contribution in [2.75, 3.05) is 0 Å². The SMILES string of the molecule is CCCCCCCC(=O)CC(CCCCC)C(O)CC. The number of aliphatic hydroxyl groups is 1. The number of rotatable bonds is 14. The van der Waals surface area contributed by atoms with Gasteiger partial charge in [0.05, 0.1) is 6.10 Å². The Bertz CT molecular complexity index is 225. The number of aliphatic hydroxyl groups excluding tert-OH is 1. The van der Waals surface area contributed by atoms with E-state index >= 15 is 0 Å². The first kappa shape index (κ1) is 19.6. The number of carbonyl (C=O) groups excluding carboxylic acids is 1. The molecule has 0 aliphatic carbocycles. The molecular formula is C18H36O2. The summed E-state index contributed by atoms with van der Waals surface area (Å²) in [4.78, 5) is 12.0. The average molecular weight is 284 g/mol. The molecule has 2 nitrogen and oxygen atoms in total. The summed E-state index contributed by atoms with van der Waals surface area (Å²) in [6, 6.07) is 0. The van der Waals surface area contributed by atoms with Crippen LogP contribution in [0.3, 0.4) is 0 Å². The zero-order valence-electron chi connectivity index (χ0n) is 14.0. The minimum absolute atomic E-state index is 0.190. The van der Waals surface area contributed by atoms with Crippen molar-refractivity contribution in [1.82, 2.24) is 0 Å². The highest BCUT2D eigenvalue weighted by molar-refractivity contribution is 5.78. The number of unbranched alkanes of at least 4 members (excludes halogenated alkanes) is 6. The van der Waals surface area contributed by atoms with Gasteiger partial charge >= 0.3 is 0 Å². The quantitative estimate of drug-likeness (QED) is 0.441. The van der Waals surface area contributed by atoms with Crippen molar-refractivity contribution in [3.63, 3.8) is 0 Å². The first-order chi connectivity index (χ1) is 9.65. The van der Waals surface area contributed by atoms with E-state index in [4.69, 9.17) is 0 Å². The van der Waals surface area contributed by atoms with Crippen LogP contribution in [-0.2, 0) is 4.79 Å². The van der Waals surface area contributed by atoms with E-state index in [0.29, 0.717) is 18.6 Å². The standard InChI is InChI=1S/C18H36O2/c1-4-7-9-10-12-14-17(19)15-16(18(20)6-3)13-11-8-5-2/h16,18,20H,4-15H2,1-3H3. The summed E-state index contributed by atoms with van der Waals surface area (Å²) in [5, 5.41) is 10.1. The zero-order chi connectivity index (χ0) is 15.2. The number of ketones is 1. The second kappa shape index (κ2) is 13.6. The predicted molar refractivity (Wildman–Crippen MR) is 86.9 cm³/mol. The highest BCUT2D eigenvalue weighted by Crippen LogP contribution is 2.21. The maximum Gasteiger partial charge on any atom is 0.133 e. The fourth-order valence-corrected chi connectivity index (χ4v) is 2.74. The molecule has 0 aliphatic heterocycles. The van der Waals surface area contributed by atoms with E-state index in [-0.39, 0.29) is 12.0 Å². The van der Waals surface area contributed by atoms with E-state index in [1.54, 1.807) is 0 Å². The van der Waals surface area contributed by atoms with Crippen LogP contribution in [0, 0.1) is 5.92 Å². The van der Waals surface area contributed by atoms with Crippen LogP contribution < -0.4 is 0 Å². The highest BCUT2D eigenvalue weighted by atomic mass is 16.3. The van der Waals surface area contributed by atoms with Gasteiger partial charge in [-0.2, -0.15) is 0 Å². The molecule has 0 radical (unpaired) electrons. The first-order valence-electron chi connectivity index (χ1n) is 8.85. The van der Waals surface area contributed by atoms with Crippen LogP contribution in [0.15, 0.2) is 0 Å². The van der Waals surface area contributed by atoms with Crippen LogP contribution in [0.25, 0.3) is 0 Å². The molecule has 0 aromatic rings. The summed E-state index contributed by atoms with van der Waals surface area (Å²) in [6.45, 7) is 6.40. The van der Waals surface area contributed by atoms with Gasteiger partial charge < -0.3 is 5.11 Å². The largest absolute Gasteiger partial charge is 0.393 e. The van der Waals surface area contributed by atoms with E-state index in [1.807, 2.05) is 6.92 Å². The predicted octanol–water partition coefficient (Wildman–Crippen LogP) is 5.27. The van der Waals surface area contributed by atoms with Crippen LogP contribution in [0.1, 0.15) is 97.8 Å². The van der Waals surface area contributed by atoms with Gasteiger partial charge in [-0.3, -0.25) is 4.79 Å². The molecule has 0 spiro atoms. The Hall–Kier alpha value is -0.370. The molecule has 0 saturated heterocycles. The lowest BCUT2D eigenvalue weighted by atomic mass is 9.88. The van der Waals surface area contributed by atoms with E-state index in [1.165, 1.54) is 38.5 Å². The van der Waals surface area contributed by atoms with Crippen LogP contribution in [0.4, 0.5) is 0 Å². The summed E-state index contributed by atoms with van der Waals surface area (Å²) in [5.41, 5.74) is 0. The Labute approximate surface area is 126 Å². The van der Waals surface area contributed by atoms with Crippen LogP contribution in [0.5, 0.6) is 0 Å². The lowest BCUT2D eigenvalue weighted by Crippen LogP contribution is -2.22. The molecule has 0 saturated carbocycles.